The molecule has 0 spiro atoms. The van der Waals surface area contributed by atoms with E-state index < -0.39 is 6.04 Å². The fraction of sp³-hybridized carbons (Fsp3) is 0.160. The first-order valence-corrected chi connectivity index (χ1v) is 12.2. The largest absolute Gasteiger partial charge is 0.497 e. The highest BCUT2D eigenvalue weighted by Crippen LogP contribution is 2.32. The first kappa shape index (κ1) is 24.1. The molecule has 1 N–H and O–H groups in total. The van der Waals surface area contributed by atoms with Crippen molar-refractivity contribution in [3.05, 3.63) is 99.8 Å². The van der Waals surface area contributed by atoms with Crippen LogP contribution in [-0.4, -0.2) is 27.8 Å². The molecule has 6 nitrogen and oxygen atoms in total. The number of hydrogen-bond acceptors (Lipinski definition) is 5. The molecule has 0 aliphatic heterocycles. The van der Waals surface area contributed by atoms with Gasteiger partial charge >= 0.3 is 0 Å². The molecule has 1 amide bonds. The average Bonchev–Trinajstić information content (AvgIpc) is 3.28. The number of aromatic nitrogens is 3. The number of thioether (sulfide) groups is 1. The van der Waals surface area contributed by atoms with Crippen molar-refractivity contribution >= 4 is 40.9 Å². The quantitative estimate of drug-likeness (QED) is 0.278. The van der Waals surface area contributed by atoms with Gasteiger partial charge in [0, 0.05) is 16.3 Å². The van der Waals surface area contributed by atoms with Gasteiger partial charge in [0.25, 0.3) is 5.91 Å². The Kier molecular flexibility index (Phi) is 7.77. The maximum atomic E-state index is 12.9. The van der Waals surface area contributed by atoms with Gasteiger partial charge in [-0.25, -0.2) is 0 Å². The van der Waals surface area contributed by atoms with Gasteiger partial charge in [0.2, 0.25) is 0 Å². The minimum absolute atomic E-state index is 0.253. The Hall–Kier alpha value is -3.00. The molecule has 34 heavy (non-hydrogen) atoms. The topological polar surface area (TPSA) is 69.0 Å². The van der Waals surface area contributed by atoms with Crippen LogP contribution in [0.3, 0.4) is 0 Å². The molecule has 1 atom stereocenters. The van der Waals surface area contributed by atoms with Crippen molar-refractivity contribution in [3.63, 3.8) is 0 Å². The minimum Gasteiger partial charge on any atom is -0.497 e. The summed E-state index contributed by atoms with van der Waals surface area (Å²) in [6.07, 6.45) is 0. The van der Waals surface area contributed by atoms with Crippen LogP contribution in [0.1, 0.15) is 34.7 Å². The normalized spacial score (nSPS) is 11.8. The average molecular weight is 513 g/mol. The molecule has 0 saturated heterocycles. The molecule has 4 rings (SSSR count). The summed E-state index contributed by atoms with van der Waals surface area (Å²) in [6, 6.07) is 21.8. The summed E-state index contributed by atoms with van der Waals surface area (Å²) in [4.78, 5) is 12.9. The van der Waals surface area contributed by atoms with Gasteiger partial charge in [-0.2, -0.15) is 0 Å². The molecule has 1 heterocycles. The van der Waals surface area contributed by atoms with Gasteiger partial charge in [0.05, 0.1) is 23.9 Å². The van der Waals surface area contributed by atoms with Crippen molar-refractivity contribution < 1.29 is 9.53 Å². The Morgan fingerprint density at radius 1 is 1.06 bits per heavy atom. The van der Waals surface area contributed by atoms with Crippen molar-refractivity contribution in [1.29, 1.82) is 0 Å². The number of nitrogens with one attached hydrogen (secondary N) is 1. The molecule has 3 aromatic carbocycles. The van der Waals surface area contributed by atoms with Gasteiger partial charge < -0.3 is 10.1 Å². The standard InChI is InChI=1S/C25H22Cl2N4O2S/c1-16(28-24(32)18-9-6-10-20(13-18)33-2)23-29-30-25(34-15-17-7-4-3-5-8-17)31(23)22-14-19(26)11-12-21(22)27/h3-14,16H,15H2,1-2H3,(H,28,32). The Labute approximate surface area is 212 Å². The van der Waals surface area contributed by atoms with E-state index in [1.165, 1.54) is 11.8 Å². The highest BCUT2D eigenvalue weighted by Gasteiger charge is 2.23. The highest BCUT2D eigenvalue weighted by molar-refractivity contribution is 7.98. The second-order valence-corrected chi connectivity index (χ2v) is 9.26. The van der Waals surface area contributed by atoms with E-state index in [-0.39, 0.29) is 5.91 Å². The molecule has 0 saturated carbocycles. The summed E-state index contributed by atoms with van der Waals surface area (Å²) in [5.74, 6) is 1.59. The lowest BCUT2D eigenvalue weighted by molar-refractivity contribution is 0.0937. The van der Waals surface area contributed by atoms with Crippen molar-refractivity contribution in [2.75, 3.05) is 7.11 Å². The number of halogens is 2. The van der Waals surface area contributed by atoms with Gasteiger partial charge in [-0.3, -0.25) is 9.36 Å². The molecule has 0 bridgehead atoms. The number of rotatable bonds is 8. The number of nitrogens with zero attached hydrogens (tertiary/aromatic N) is 3. The molecule has 4 aromatic rings. The van der Waals surface area contributed by atoms with Crippen molar-refractivity contribution in [3.8, 4) is 11.4 Å². The molecular formula is C25H22Cl2N4O2S. The zero-order valence-corrected chi connectivity index (χ0v) is 20.9. The van der Waals surface area contributed by atoms with Crippen LogP contribution in [0, 0.1) is 0 Å². The van der Waals surface area contributed by atoms with Gasteiger partial charge in [0.1, 0.15) is 5.75 Å². The SMILES string of the molecule is COc1cccc(C(=O)NC(C)c2nnc(SCc3ccccc3)n2-c2cc(Cl)ccc2Cl)c1. The number of carbonyl (C=O) groups is 1. The number of carbonyl (C=O) groups excluding carboxylic acids is 1. The predicted octanol–water partition coefficient (Wildman–Crippen LogP) is 6.37. The molecular weight excluding hydrogens is 491 g/mol. The Balaban J connectivity index is 1.66. The minimum atomic E-state index is -0.465. The predicted molar refractivity (Wildman–Crippen MR) is 136 cm³/mol. The monoisotopic (exact) mass is 512 g/mol. The molecule has 174 valence electrons. The van der Waals surface area contributed by atoms with Crippen LogP contribution in [0.15, 0.2) is 78.0 Å². The summed E-state index contributed by atoms with van der Waals surface area (Å²) in [7, 11) is 1.56. The molecule has 0 radical (unpaired) electrons. The van der Waals surface area contributed by atoms with Crippen LogP contribution in [0.2, 0.25) is 10.0 Å². The molecule has 1 aromatic heterocycles. The van der Waals surface area contributed by atoms with E-state index in [0.29, 0.717) is 43.8 Å². The molecule has 0 aliphatic rings. The number of methoxy groups -OCH3 is 1. The van der Waals surface area contributed by atoms with Crippen LogP contribution in [0.25, 0.3) is 5.69 Å². The van der Waals surface area contributed by atoms with Gasteiger partial charge in [-0.15, -0.1) is 10.2 Å². The van der Waals surface area contributed by atoms with Crippen LogP contribution in [-0.2, 0) is 5.75 Å². The Bertz CT molecular complexity index is 1300. The zero-order valence-electron chi connectivity index (χ0n) is 18.5. The molecule has 0 fully saturated rings. The lowest BCUT2D eigenvalue weighted by Gasteiger charge is -2.17. The fourth-order valence-corrected chi connectivity index (χ4v) is 4.65. The third kappa shape index (κ3) is 5.55. The lowest BCUT2D eigenvalue weighted by atomic mass is 10.2. The second-order valence-electron chi connectivity index (χ2n) is 7.47. The van der Waals surface area contributed by atoms with Crippen LogP contribution in [0.5, 0.6) is 5.75 Å². The first-order valence-electron chi connectivity index (χ1n) is 10.5. The van der Waals surface area contributed by atoms with Crippen molar-refractivity contribution in [2.24, 2.45) is 0 Å². The summed E-state index contributed by atoms with van der Waals surface area (Å²) in [5, 5.41) is 13.5. The van der Waals surface area contributed by atoms with E-state index in [0.717, 1.165) is 5.56 Å². The van der Waals surface area contributed by atoms with E-state index in [4.69, 9.17) is 27.9 Å². The van der Waals surface area contributed by atoms with Crippen molar-refractivity contribution in [1.82, 2.24) is 20.1 Å². The lowest BCUT2D eigenvalue weighted by Crippen LogP contribution is -2.28. The van der Waals surface area contributed by atoms with Crippen LogP contribution >= 0.6 is 35.0 Å². The fourth-order valence-electron chi connectivity index (χ4n) is 3.37. The summed E-state index contributed by atoms with van der Waals surface area (Å²) >= 11 is 14.4. The van der Waals surface area contributed by atoms with E-state index in [1.807, 2.05) is 29.7 Å². The maximum Gasteiger partial charge on any atom is 0.251 e. The van der Waals surface area contributed by atoms with E-state index >= 15 is 0 Å². The van der Waals surface area contributed by atoms with Crippen molar-refractivity contribution in [2.45, 2.75) is 23.9 Å². The van der Waals surface area contributed by atoms with Crippen LogP contribution < -0.4 is 10.1 Å². The third-order valence-corrected chi connectivity index (χ3v) is 6.64. The Morgan fingerprint density at radius 3 is 2.62 bits per heavy atom. The van der Waals surface area contributed by atoms with E-state index in [1.54, 1.807) is 49.6 Å². The smallest absolute Gasteiger partial charge is 0.251 e. The molecule has 1 unspecified atom stereocenters. The van der Waals surface area contributed by atoms with E-state index in [2.05, 4.69) is 27.6 Å². The number of amides is 1. The third-order valence-electron chi connectivity index (χ3n) is 5.09. The summed E-state index contributed by atoms with van der Waals surface area (Å²) in [6.45, 7) is 1.85. The summed E-state index contributed by atoms with van der Waals surface area (Å²) in [5.41, 5.74) is 2.28. The number of hydrogen-bond donors (Lipinski definition) is 1. The van der Waals surface area contributed by atoms with Gasteiger partial charge in [-0.1, -0.05) is 71.4 Å². The maximum absolute atomic E-state index is 12.9. The summed E-state index contributed by atoms with van der Waals surface area (Å²) < 4.78 is 7.07. The number of benzene rings is 3. The van der Waals surface area contributed by atoms with Crippen LogP contribution in [0.4, 0.5) is 0 Å². The number of ether oxygens (including phenoxy) is 1. The Morgan fingerprint density at radius 2 is 1.85 bits per heavy atom. The first-order chi connectivity index (χ1) is 16.5. The molecule has 0 aliphatic carbocycles. The zero-order chi connectivity index (χ0) is 24.1. The molecule has 9 heteroatoms. The van der Waals surface area contributed by atoms with E-state index in [9.17, 15) is 4.79 Å². The van der Waals surface area contributed by atoms with Gasteiger partial charge in [-0.05, 0) is 48.9 Å². The van der Waals surface area contributed by atoms with Gasteiger partial charge in [0.15, 0.2) is 11.0 Å². The second kappa shape index (κ2) is 11.0. The highest BCUT2D eigenvalue weighted by atomic mass is 35.5.